The molecule has 1 heterocycles. The maximum absolute atomic E-state index is 15.1. The number of nitrogens with one attached hydrogen (secondary N) is 1. The lowest BCUT2D eigenvalue weighted by Crippen LogP contribution is -2.71. The minimum Gasteiger partial charge on any atom is -0.508 e. The largest absolute Gasteiger partial charge is 0.508 e. The van der Waals surface area contributed by atoms with E-state index in [9.17, 15) is 40.9 Å². The number of carbonyl (C=O) groups excluding carboxylic acids is 1. The Morgan fingerprint density at radius 2 is 1.63 bits per heavy atom. The number of benzene rings is 1. The van der Waals surface area contributed by atoms with Crippen molar-refractivity contribution in [1.29, 1.82) is 0 Å². The van der Waals surface area contributed by atoms with Crippen LogP contribution in [0.1, 0.15) is 110 Å². The maximum atomic E-state index is 15.1. The van der Waals surface area contributed by atoms with Crippen LogP contribution in [-0.2, 0) is 14.3 Å². The highest BCUT2D eigenvalue weighted by molar-refractivity contribution is 5.96. The number of rotatable bonds is 10. The van der Waals surface area contributed by atoms with Crippen molar-refractivity contribution in [3.63, 3.8) is 0 Å². The van der Waals surface area contributed by atoms with Crippen molar-refractivity contribution in [2.45, 2.75) is 145 Å². The molecular formula is C47H67NO11. The number of aromatic hydroxyl groups is 2. The zero-order valence-electron chi connectivity index (χ0n) is 35.4. The normalized spacial score (nSPS) is 50.5. The second kappa shape index (κ2) is 13.6. The summed E-state index contributed by atoms with van der Waals surface area (Å²) < 4.78 is 13.8. The van der Waals surface area contributed by atoms with Gasteiger partial charge in [-0.2, -0.15) is 0 Å². The lowest BCUT2D eigenvalue weighted by Gasteiger charge is -2.67. The zero-order valence-corrected chi connectivity index (χ0v) is 35.4. The highest BCUT2D eigenvalue weighted by Gasteiger charge is 2.84. The average molecular weight is 822 g/mol. The number of hydrogen-bond acceptors (Lipinski definition) is 12. The number of phenolic OH excluding ortho intramolecular Hbond substituents is 2. The van der Waals surface area contributed by atoms with Crippen molar-refractivity contribution >= 4 is 5.78 Å². The molecule has 6 saturated carbocycles. The highest BCUT2D eigenvalue weighted by atomic mass is 16.6. The second-order valence-electron chi connectivity index (χ2n) is 21.0. The second-order valence-corrected chi connectivity index (χ2v) is 21.0. The van der Waals surface area contributed by atoms with E-state index in [-0.39, 0.29) is 73.6 Å². The van der Waals surface area contributed by atoms with Gasteiger partial charge < -0.3 is 55.6 Å². The number of carbonyl (C=O) groups is 1. The molecule has 7 fully saturated rings. The molecule has 1 aromatic carbocycles. The molecule has 59 heavy (non-hydrogen) atoms. The molecule has 10 aliphatic rings. The molecule has 0 aromatic heterocycles. The van der Waals surface area contributed by atoms with Gasteiger partial charge in [0.25, 0.3) is 0 Å². The molecule has 9 aliphatic carbocycles. The Labute approximate surface area is 347 Å². The van der Waals surface area contributed by atoms with Crippen LogP contribution in [0.4, 0.5) is 0 Å². The van der Waals surface area contributed by atoms with Crippen LogP contribution in [0.3, 0.4) is 0 Å². The molecule has 2 spiro atoms. The number of aliphatic hydroxyl groups excluding tert-OH is 3. The van der Waals surface area contributed by atoms with Crippen molar-refractivity contribution in [3.05, 3.63) is 47.1 Å². The minimum atomic E-state index is -1.74. The van der Waals surface area contributed by atoms with E-state index < -0.39 is 74.7 Å². The first-order valence-electron chi connectivity index (χ1n) is 22.4. The molecule has 16 atom stereocenters. The monoisotopic (exact) mass is 821 g/mol. The van der Waals surface area contributed by atoms with Crippen molar-refractivity contribution in [2.75, 3.05) is 32.9 Å². The Morgan fingerprint density at radius 3 is 2.31 bits per heavy atom. The van der Waals surface area contributed by atoms with Gasteiger partial charge in [-0.25, -0.2) is 0 Å². The summed E-state index contributed by atoms with van der Waals surface area (Å²) >= 11 is 0. The Kier molecular flexibility index (Phi) is 9.64. The molecular weight excluding hydrogens is 755 g/mol. The van der Waals surface area contributed by atoms with Crippen LogP contribution in [0, 0.1) is 45.3 Å². The van der Waals surface area contributed by atoms with Crippen LogP contribution in [0.2, 0.25) is 0 Å². The van der Waals surface area contributed by atoms with E-state index in [0.29, 0.717) is 56.2 Å². The molecule has 12 heteroatoms. The SMILES string of the molecule is CCNCC1=C[C@@]2(C)CC[C@@H]1[C@]1(O[C@H]3C[C@@]4(O)C5=CC(=O)[C@@H]6[C@@H](c7cc(O)cc(O)c7)[C@]7(O)CC[C@@]5(CC[C@]4(C)[C@H]3[C@]1(O)CCO)[C@@]6(C)C[C@@H]7OCCCO)[C@@H](O)[C@H]2C. The summed E-state index contributed by atoms with van der Waals surface area (Å²) in [7, 11) is 0. The van der Waals surface area contributed by atoms with E-state index in [1.807, 2.05) is 13.8 Å². The van der Waals surface area contributed by atoms with Crippen LogP contribution in [0.5, 0.6) is 11.5 Å². The Balaban J connectivity index is 1.18. The Hall–Kier alpha value is -2.39. The van der Waals surface area contributed by atoms with Crippen LogP contribution in [0.15, 0.2) is 41.5 Å². The lowest BCUT2D eigenvalue weighted by molar-refractivity contribution is -0.248. The van der Waals surface area contributed by atoms with Gasteiger partial charge in [0.05, 0.1) is 29.5 Å². The highest BCUT2D eigenvalue weighted by Crippen LogP contribution is 2.80. The third-order valence-electron chi connectivity index (χ3n) is 18.8. The summed E-state index contributed by atoms with van der Waals surface area (Å²) in [5.41, 5.74) is -7.28. The lowest BCUT2D eigenvalue weighted by atomic mass is 9.38. The fraction of sp³-hybridized carbons (Fsp3) is 0.766. The molecule has 6 bridgehead atoms. The number of ether oxygens (including phenoxy) is 2. The first-order chi connectivity index (χ1) is 27.8. The summed E-state index contributed by atoms with van der Waals surface area (Å²) in [6, 6.07) is 4.23. The van der Waals surface area contributed by atoms with E-state index in [4.69, 9.17) is 9.47 Å². The molecule has 12 nitrogen and oxygen atoms in total. The number of likely N-dealkylation sites (N-methyl/N-ethyl adjacent to an activating group) is 1. The van der Waals surface area contributed by atoms with Gasteiger partial charge in [-0.05, 0) is 104 Å². The standard InChI is InChI=1S/C47H67NO11/c1-6-48-25-28-22-40(3)9-8-31(28)47(39(54)26(40)2)45(56,14-16-50)38-33(59-47)23-46(57)34-21-32(53)37-36(27-18-29(51)20-30(52)19-27)44(55)13-12-43(34,11-10-41(38,46)4)42(37,5)24-35(44)58-17-7-15-49/h18-22,26,31,33,35-39,48-52,54-57H,6-17,23-25H2,1-5H3/t26-,31+,33+,35+,36-,37-,38+,39+,40-,41-,42+,43-,44+,45-,46-,47+/m1/s1. The third kappa shape index (κ3) is 5.07. The Bertz CT molecular complexity index is 1930. The molecule has 1 aromatic rings. The summed E-state index contributed by atoms with van der Waals surface area (Å²) in [4.78, 5) is 15.1. The molecule has 9 N–H and O–H groups in total. The number of fused-ring (bicyclic) bond motifs is 8. The van der Waals surface area contributed by atoms with Gasteiger partial charge in [0.2, 0.25) is 0 Å². The van der Waals surface area contributed by atoms with Crippen molar-refractivity contribution in [3.8, 4) is 11.5 Å². The first kappa shape index (κ1) is 41.9. The smallest absolute Gasteiger partial charge is 0.160 e. The molecule has 0 radical (unpaired) electrons. The van der Waals surface area contributed by atoms with E-state index in [0.717, 1.165) is 18.5 Å². The van der Waals surface area contributed by atoms with Crippen LogP contribution < -0.4 is 5.32 Å². The van der Waals surface area contributed by atoms with Crippen LogP contribution in [0.25, 0.3) is 0 Å². The number of ketones is 1. The van der Waals surface area contributed by atoms with Gasteiger partial charge in [0, 0.05) is 79.8 Å². The number of phenols is 2. The predicted molar refractivity (Wildman–Crippen MR) is 217 cm³/mol. The average Bonchev–Trinajstić information content (AvgIpc) is 3.45. The molecule has 0 amide bonds. The summed E-state index contributed by atoms with van der Waals surface area (Å²) in [6.45, 7) is 11.5. The molecule has 326 valence electrons. The molecule has 0 unspecified atom stereocenters. The van der Waals surface area contributed by atoms with E-state index in [1.54, 1.807) is 6.08 Å². The fourth-order valence-corrected chi connectivity index (χ4v) is 16.0. The fourth-order valence-electron chi connectivity index (χ4n) is 16.0. The first-order valence-corrected chi connectivity index (χ1v) is 22.4. The van der Waals surface area contributed by atoms with Gasteiger partial charge in [-0.15, -0.1) is 0 Å². The predicted octanol–water partition coefficient (Wildman–Crippen LogP) is 3.76. The zero-order chi connectivity index (χ0) is 42.3. The van der Waals surface area contributed by atoms with E-state index in [1.165, 1.54) is 18.2 Å². The van der Waals surface area contributed by atoms with Crippen molar-refractivity contribution in [2.24, 2.45) is 45.3 Å². The van der Waals surface area contributed by atoms with Gasteiger partial charge in [0.15, 0.2) is 5.78 Å². The minimum absolute atomic E-state index is 0.0490. The summed E-state index contributed by atoms with van der Waals surface area (Å²) in [5, 5.41) is 98.6. The van der Waals surface area contributed by atoms with E-state index in [2.05, 4.69) is 32.2 Å². The van der Waals surface area contributed by atoms with Crippen molar-refractivity contribution in [1.82, 2.24) is 5.32 Å². The summed E-state index contributed by atoms with van der Waals surface area (Å²) in [6.07, 6.45) is 5.28. The maximum Gasteiger partial charge on any atom is 0.160 e. The molecule has 11 rings (SSSR count). The van der Waals surface area contributed by atoms with Gasteiger partial charge in [0.1, 0.15) is 22.7 Å². The number of hydrogen-bond donors (Lipinski definition) is 9. The molecule has 1 saturated heterocycles. The van der Waals surface area contributed by atoms with Gasteiger partial charge >= 0.3 is 0 Å². The number of allylic oxidation sites excluding steroid dienone is 2. The topological polar surface area (TPSA) is 209 Å². The van der Waals surface area contributed by atoms with E-state index >= 15 is 4.79 Å². The third-order valence-corrected chi connectivity index (χ3v) is 18.8. The summed E-state index contributed by atoms with van der Waals surface area (Å²) in [5.74, 6) is -3.55. The molecule has 1 aliphatic heterocycles. The number of aliphatic hydroxyl groups is 6. The van der Waals surface area contributed by atoms with Gasteiger partial charge in [-0.3, -0.25) is 4.79 Å². The Morgan fingerprint density at radius 1 is 0.915 bits per heavy atom. The van der Waals surface area contributed by atoms with Crippen LogP contribution in [-0.4, -0.2) is 120 Å². The quantitative estimate of drug-likeness (QED) is 0.122. The van der Waals surface area contributed by atoms with Gasteiger partial charge in [-0.1, -0.05) is 46.3 Å². The van der Waals surface area contributed by atoms with Crippen LogP contribution >= 0.6 is 0 Å². The van der Waals surface area contributed by atoms with Crippen molar-refractivity contribution < 1.29 is 55.1 Å².